The van der Waals surface area contributed by atoms with Crippen molar-refractivity contribution in [1.29, 1.82) is 0 Å². The first-order valence-corrected chi connectivity index (χ1v) is 6.68. The van der Waals surface area contributed by atoms with E-state index in [1.165, 1.54) is 48.3 Å². The minimum absolute atomic E-state index is 0.0362. The van der Waals surface area contributed by atoms with Gasteiger partial charge >= 0.3 is 0 Å². The largest absolute Gasteiger partial charge is 0.312 e. The number of nitro groups is 1. The second kappa shape index (κ2) is 6.34. The number of likely N-dealkylation sites (N-methyl/N-ethyl adjacent to an activating group) is 1. The van der Waals surface area contributed by atoms with Crippen LogP contribution in [0.4, 0.5) is 15.8 Å². The maximum atomic E-state index is 13.7. The van der Waals surface area contributed by atoms with E-state index in [1.807, 2.05) is 0 Å². The van der Waals surface area contributed by atoms with Crippen LogP contribution in [0.15, 0.2) is 48.5 Å². The summed E-state index contributed by atoms with van der Waals surface area (Å²) in [5.41, 5.74) is 0.797. The standard InChI is InChI=1S/C16H15FN2O3/c1-11(12-7-9-13(10-8-12)19(21)22)16(20)18(2)15-6-4-3-5-14(15)17/h3-11H,1-2H3. The van der Waals surface area contributed by atoms with E-state index < -0.39 is 16.7 Å². The molecule has 0 aliphatic heterocycles. The molecule has 0 heterocycles. The predicted octanol–water partition coefficient (Wildman–Crippen LogP) is 3.50. The highest BCUT2D eigenvalue weighted by Gasteiger charge is 2.22. The Kier molecular flexibility index (Phi) is 4.50. The molecule has 1 atom stereocenters. The number of hydrogen-bond donors (Lipinski definition) is 0. The molecule has 0 radical (unpaired) electrons. The summed E-state index contributed by atoms with van der Waals surface area (Å²) in [6.07, 6.45) is 0. The summed E-state index contributed by atoms with van der Waals surface area (Å²) in [5, 5.41) is 10.6. The third-order valence-electron chi connectivity index (χ3n) is 3.52. The van der Waals surface area contributed by atoms with Gasteiger partial charge in [-0.15, -0.1) is 0 Å². The number of rotatable bonds is 4. The van der Waals surface area contributed by atoms with Gasteiger partial charge in [0.2, 0.25) is 5.91 Å². The van der Waals surface area contributed by atoms with Crippen LogP contribution >= 0.6 is 0 Å². The van der Waals surface area contributed by atoms with Crippen molar-refractivity contribution in [1.82, 2.24) is 0 Å². The van der Waals surface area contributed by atoms with Gasteiger partial charge in [-0.05, 0) is 24.6 Å². The van der Waals surface area contributed by atoms with E-state index in [0.29, 0.717) is 5.56 Å². The summed E-state index contributed by atoms with van der Waals surface area (Å²) >= 11 is 0. The van der Waals surface area contributed by atoms with Gasteiger partial charge in [-0.2, -0.15) is 0 Å². The van der Waals surface area contributed by atoms with E-state index in [9.17, 15) is 19.3 Å². The quantitative estimate of drug-likeness (QED) is 0.641. The van der Waals surface area contributed by atoms with Gasteiger partial charge in [-0.3, -0.25) is 14.9 Å². The summed E-state index contributed by atoms with van der Waals surface area (Å²) in [7, 11) is 1.50. The highest BCUT2D eigenvalue weighted by atomic mass is 19.1. The fourth-order valence-corrected chi connectivity index (χ4v) is 2.16. The number of carbonyl (C=O) groups is 1. The molecule has 0 aromatic heterocycles. The SMILES string of the molecule is CC(C(=O)N(C)c1ccccc1F)c1ccc([N+](=O)[O-])cc1. The predicted molar refractivity (Wildman–Crippen MR) is 81.3 cm³/mol. The molecule has 2 aromatic carbocycles. The van der Waals surface area contributed by atoms with Gasteiger partial charge in [0.25, 0.3) is 5.69 Å². The van der Waals surface area contributed by atoms with Gasteiger partial charge in [0, 0.05) is 19.2 Å². The van der Waals surface area contributed by atoms with E-state index in [-0.39, 0.29) is 17.3 Å². The Morgan fingerprint density at radius 3 is 2.32 bits per heavy atom. The Morgan fingerprint density at radius 2 is 1.77 bits per heavy atom. The number of halogens is 1. The first-order valence-electron chi connectivity index (χ1n) is 6.68. The maximum Gasteiger partial charge on any atom is 0.269 e. The average Bonchev–Trinajstić information content (AvgIpc) is 2.53. The van der Waals surface area contributed by atoms with Gasteiger partial charge in [0.05, 0.1) is 16.5 Å². The summed E-state index contributed by atoms with van der Waals surface area (Å²) < 4.78 is 13.7. The van der Waals surface area contributed by atoms with E-state index >= 15 is 0 Å². The molecule has 1 amide bonds. The van der Waals surface area contributed by atoms with E-state index in [4.69, 9.17) is 0 Å². The molecule has 6 heteroatoms. The van der Waals surface area contributed by atoms with E-state index in [0.717, 1.165) is 0 Å². The van der Waals surface area contributed by atoms with Crippen LogP contribution in [0.5, 0.6) is 0 Å². The van der Waals surface area contributed by atoms with Crippen LogP contribution in [-0.4, -0.2) is 17.9 Å². The molecule has 0 saturated heterocycles. The van der Waals surface area contributed by atoms with Gasteiger partial charge in [0.1, 0.15) is 5.82 Å². The number of hydrogen-bond acceptors (Lipinski definition) is 3. The summed E-state index contributed by atoms with van der Waals surface area (Å²) in [6, 6.07) is 11.8. The number of carbonyl (C=O) groups excluding carboxylic acids is 1. The zero-order chi connectivity index (χ0) is 16.3. The van der Waals surface area contributed by atoms with Gasteiger partial charge in [-0.1, -0.05) is 24.3 Å². The number of amides is 1. The van der Waals surface area contributed by atoms with Crippen molar-refractivity contribution in [2.75, 3.05) is 11.9 Å². The number of anilines is 1. The van der Waals surface area contributed by atoms with Crippen molar-refractivity contribution >= 4 is 17.3 Å². The molecule has 0 bridgehead atoms. The zero-order valence-corrected chi connectivity index (χ0v) is 12.2. The topological polar surface area (TPSA) is 63.5 Å². The fourth-order valence-electron chi connectivity index (χ4n) is 2.16. The normalized spacial score (nSPS) is 11.8. The fraction of sp³-hybridized carbons (Fsp3) is 0.188. The van der Waals surface area contributed by atoms with Crippen LogP contribution in [0, 0.1) is 15.9 Å². The Hall–Kier alpha value is -2.76. The van der Waals surface area contributed by atoms with Crippen LogP contribution in [0.2, 0.25) is 0 Å². The highest BCUT2D eigenvalue weighted by molar-refractivity contribution is 5.97. The Morgan fingerprint density at radius 1 is 1.18 bits per heavy atom. The number of nitrogens with zero attached hydrogens (tertiary/aromatic N) is 2. The molecule has 0 aliphatic rings. The van der Waals surface area contributed by atoms with E-state index in [2.05, 4.69) is 0 Å². The van der Waals surface area contributed by atoms with Gasteiger partial charge < -0.3 is 4.90 Å². The molecule has 114 valence electrons. The van der Waals surface area contributed by atoms with Crippen molar-refractivity contribution in [3.8, 4) is 0 Å². The molecule has 22 heavy (non-hydrogen) atoms. The number of benzene rings is 2. The number of para-hydroxylation sites is 1. The first kappa shape index (κ1) is 15.6. The minimum Gasteiger partial charge on any atom is -0.312 e. The molecule has 0 fully saturated rings. The summed E-state index contributed by atoms with van der Waals surface area (Å²) in [5.74, 6) is -1.31. The lowest BCUT2D eigenvalue weighted by Gasteiger charge is -2.22. The van der Waals surface area contributed by atoms with Crippen LogP contribution in [-0.2, 0) is 4.79 Å². The molecule has 0 aliphatic carbocycles. The van der Waals surface area contributed by atoms with Crippen LogP contribution < -0.4 is 4.90 Å². The minimum atomic E-state index is -0.537. The van der Waals surface area contributed by atoms with Crippen molar-refractivity contribution in [3.63, 3.8) is 0 Å². The summed E-state index contributed by atoms with van der Waals surface area (Å²) in [4.78, 5) is 23.8. The van der Waals surface area contributed by atoms with Crippen LogP contribution in [0.3, 0.4) is 0 Å². The number of nitro benzene ring substituents is 1. The second-order valence-electron chi connectivity index (χ2n) is 4.92. The van der Waals surface area contributed by atoms with E-state index in [1.54, 1.807) is 19.1 Å². The zero-order valence-electron chi connectivity index (χ0n) is 12.2. The molecular formula is C16H15FN2O3. The number of non-ortho nitro benzene ring substituents is 1. The smallest absolute Gasteiger partial charge is 0.269 e. The first-order chi connectivity index (χ1) is 10.4. The van der Waals surface area contributed by atoms with Crippen molar-refractivity contribution in [3.05, 3.63) is 70.0 Å². The molecule has 1 unspecified atom stereocenters. The molecule has 2 rings (SSSR count). The highest BCUT2D eigenvalue weighted by Crippen LogP contribution is 2.24. The Bertz CT molecular complexity index is 701. The van der Waals surface area contributed by atoms with Crippen molar-refractivity contribution in [2.24, 2.45) is 0 Å². The van der Waals surface area contributed by atoms with Gasteiger partial charge in [-0.25, -0.2) is 4.39 Å². The molecule has 2 aromatic rings. The maximum absolute atomic E-state index is 13.7. The third kappa shape index (κ3) is 3.11. The lowest BCUT2D eigenvalue weighted by molar-refractivity contribution is -0.384. The molecular weight excluding hydrogens is 287 g/mol. The Labute approximate surface area is 127 Å². The lowest BCUT2D eigenvalue weighted by atomic mass is 9.99. The third-order valence-corrected chi connectivity index (χ3v) is 3.52. The molecule has 0 spiro atoms. The molecule has 0 saturated carbocycles. The van der Waals surface area contributed by atoms with Gasteiger partial charge in [0.15, 0.2) is 0 Å². The monoisotopic (exact) mass is 302 g/mol. The van der Waals surface area contributed by atoms with Crippen LogP contribution in [0.25, 0.3) is 0 Å². The van der Waals surface area contributed by atoms with Crippen LogP contribution in [0.1, 0.15) is 18.4 Å². The van der Waals surface area contributed by atoms with Crippen molar-refractivity contribution in [2.45, 2.75) is 12.8 Å². The molecule has 0 N–H and O–H groups in total. The second-order valence-corrected chi connectivity index (χ2v) is 4.92. The molecule has 5 nitrogen and oxygen atoms in total. The Balaban J connectivity index is 2.21. The van der Waals surface area contributed by atoms with Crippen molar-refractivity contribution < 1.29 is 14.1 Å². The average molecular weight is 302 g/mol. The summed E-state index contributed by atoms with van der Waals surface area (Å²) in [6.45, 7) is 1.68. The lowest BCUT2D eigenvalue weighted by Crippen LogP contribution is -2.31.